The molecule has 0 radical (unpaired) electrons. The first-order valence-corrected chi connectivity index (χ1v) is 9.97. The van der Waals surface area contributed by atoms with Crippen LogP contribution in [-0.4, -0.2) is 36.6 Å². The number of carbonyl (C=O) groups is 1. The van der Waals surface area contributed by atoms with Gasteiger partial charge in [-0.15, -0.1) is 0 Å². The number of amides is 1. The lowest BCUT2D eigenvalue weighted by molar-refractivity contribution is -0.132. The second-order valence-corrected chi connectivity index (χ2v) is 7.79. The van der Waals surface area contributed by atoms with Crippen LogP contribution in [0.4, 0.5) is 0 Å². The molecule has 0 fully saturated rings. The second kappa shape index (κ2) is 8.55. The molecule has 3 rings (SSSR count). The lowest BCUT2D eigenvalue weighted by atomic mass is 10.1. The van der Waals surface area contributed by atoms with E-state index in [-0.39, 0.29) is 11.9 Å². The minimum atomic E-state index is 0.0935. The van der Waals surface area contributed by atoms with Gasteiger partial charge in [0.05, 0.1) is 12.1 Å². The molecule has 0 N–H and O–H groups in total. The third-order valence-electron chi connectivity index (χ3n) is 5.07. The number of nitrogens with zero attached hydrogens (tertiary/aromatic N) is 5. The normalized spacial score (nSPS) is 11.1. The van der Waals surface area contributed by atoms with Crippen LogP contribution in [0, 0.1) is 27.7 Å². The monoisotopic (exact) mass is 391 g/mol. The van der Waals surface area contributed by atoms with Crippen molar-refractivity contribution >= 4 is 5.91 Å². The summed E-state index contributed by atoms with van der Waals surface area (Å²) in [5.41, 5.74) is 5.60. The van der Waals surface area contributed by atoms with Crippen molar-refractivity contribution < 1.29 is 4.79 Å². The van der Waals surface area contributed by atoms with Gasteiger partial charge in [0.15, 0.2) is 0 Å². The van der Waals surface area contributed by atoms with E-state index in [0.29, 0.717) is 18.9 Å². The Balaban J connectivity index is 1.87. The Morgan fingerprint density at radius 1 is 1.03 bits per heavy atom. The molecule has 0 atom stereocenters. The minimum absolute atomic E-state index is 0.0935. The Morgan fingerprint density at radius 2 is 1.66 bits per heavy atom. The number of hydrogen-bond donors (Lipinski definition) is 0. The molecule has 0 unspecified atom stereocenters. The largest absolute Gasteiger partial charge is 0.336 e. The molecule has 152 valence electrons. The zero-order valence-corrected chi connectivity index (χ0v) is 18.1. The van der Waals surface area contributed by atoms with Crippen molar-refractivity contribution in [3.8, 4) is 5.95 Å². The van der Waals surface area contributed by atoms with E-state index >= 15 is 0 Å². The predicted molar refractivity (Wildman–Crippen MR) is 114 cm³/mol. The van der Waals surface area contributed by atoms with E-state index in [1.54, 1.807) is 4.68 Å². The van der Waals surface area contributed by atoms with Gasteiger partial charge in [0.25, 0.3) is 5.95 Å². The molecule has 0 saturated carbocycles. The summed E-state index contributed by atoms with van der Waals surface area (Å²) in [5, 5.41) is 4.62. The van der Waals surface area contributed by atoms with Gasteiger partial charge in [0, 0.05) is 35.2 Å². The fourth-order valence-corrected chi connectivity index (χ4v) is 3.52. The summed E-state index contributed by atoms with van der Waals surface area (Å²) in [6, 6.07) is 12.1. The van der Waals surface area contributed by atoms with Crippen molar-refractivity contribution in [2.75, 3.05) is 0 Å². The highest BCUT2D eigenvalue weighted by atomic mass is 16.2. The van der Waals surface area contributed by atoms with E-state index in [0.717, 1.165) is 33.9 Å². The minimum Gasteiger partial charge on any atom is -0.336 e. The summed E-state index contributed by atoms with van der Waals surface area (Å²) in [6.45, 7) is 12.5. The first-order chi connectivity index (χ1) is 13.8. The summed E-state index contributed by atoms with van der Waals surface area (Å²) in [6.07, 6.45) is 0.313. The van der Waals surface area contributed by atoms with E-state index in [1.807, 2.05) is 70.7 Å². The Morgan fingerprint density at radius 3 is 2.24 bits per heavy atom. The van der Waals surface area contributed by atoms with Crippen LogP contribution in [0.5, 0.6) is 0 Å². The molecule has 6 nitrogen and oxygen atoms in total. The van der Waals surface area contributed by atoms with Crippen LogP contribution >= 0.6 is 0 Å². The molecule has 1 aromatic carbocycles. The Kier molecular flexibility index (Phi) is 6.11. The maximum Gasteiger partial charge on any atom is 0.251 e. The van der Waals surface area contributed by atoms with E-state index in [2.05, 4.69) is 27.2 Å². The SMILES string of the molecule is Cc1cc(C)nc(-n2nc(C)c(CC(=O)N(Cc3ccccc3)C(C)C)c2C)n1. The molecule has 2 heterocycles. The molecule has 0 aliphatic heterocycles. The van der Waals surface area contributed by atoms with Gasteiger partial charge >= 0.3 is 0 Å². The highest BCUT2D eigenvalue weighted by molar-refractivity contribution is 5.79. The molecule has 2 aromatic heterocycles. The van der Waals surface area contributed by atoms with Gasteiger partial charge in [-0.25, -0.2) is 14.6 Å². The van der Waals surface area contributed by atoms with Crippen molar-refractivity contribution in [3.05, 3.63) is 70.3 Å². The lowest BCUT2D eigenvalue weighted by Gasteiger charge is -2.27. The summed E-state index contributed by atoms with van der Waals surface area (Å²) < 4.78 is 1.74. The van der Waals surface area contributed by atoms with Crippen LogP contribution < -0.4 is 0 Å². The molecule has 0 spiro atoms. The highest BCUT2D eigenvalue weighted by Gasteiger charge is 2.22. The van der Waals surface area contributed by atoms with Crippen LogP contribution in [-0.2, 0) is 17.8 Å². The Hall–Kier alpha value is -3.02. The number of rotatable bonds is 6. The molecule has 3 aromatic rings. The molecular formula is C23H29N5O. The molecule has 0 aliphatic carbocycles. The average Bonchev–Trinajstić information content (AvgIpc) is 2.94. The zero-order chi connectivity index (χ0) is 21.1. The molecule has 0 aliphatic rings. The molecular weight excluding hydrogens is 362 g/mol. The second-order valence-electron chi connectivity index (χ2n) is 7.79. The van der Waals surface area contributed by atoms with Crippen LogP contribution in [0.2, 0.25) is 0 Å². The summed E-state index contributed by atoms with van der Waals surface area (Å²) in [4.78, 5) is 24.1. The summed E-state index contributed by atoms with van der Waals surface area (Å²) >= 11 is 0. The maximum absolute atomic E-state index is 13.2. The van der Waals surface area contributed by atoms with Crippen LogP contribution in [0.3, 0.4) is 0 Å². The molecule has 6 heteroatoms. The zero-order valence-electron chi connectivity index (χ0n) is 18.1. The van der Waals surface area contributed by atoms with Gasteiger partial charge in [-0.05, 0) is 53.2 Å². The molecule has 29 heavy (non-hydrogen) atoms. The van der Waals surface area contributed by atoms with Gasteiger partial charge in [-0.1, -0.05) is 30.3 Å². The number of carbonyl (C=O) groups excluding carboxylic acids is 1. The first-order valence-electron chi connectivity index (χ1n) is 9.97. The average molecular weight is 392 g/mol. The van der Waals surface area contributed by atoms with Crippen LogP contribution in [0.15, 0.2) is 36.4 Å². The molecule has 1 amide bonds. The fraction of sp³-hybridized carbons (Fsp3) is 0.391. The predicted octanol–water partition coefficient (Wildman–Crippen LogP) is 3.88. The smallest absolute Gasteiger partial charge is 0.251 e. The topological polar surface area (TPSA) is 63.9 Å². The Bertz CT molecular complexity index is 987. The highest BCUT2D eigenvalue weighted by Crippen LogP contribution is 2.19. The van der Waals surface area contributed by atoms with Crippen molar-refractivity contribution in [1.29, 1.82) is 0 Å². The van der Waals surface area contributed by atoms with E-state index in [9.17, 15) is 4.79 Å². The Labute approximate surface area is 172 Å². The van der Waals surface area contributed by atoms with E-state index < -0.39 is 0 Å². The molecule has 0 saturated heterocycles. The summed E-state index contributed by atoms with van der Waals surface area (Å²) in [5.74, 6) is 0.641. The number of hydrogen-bond acceptors (Lipinski definition) is 4. The van der Waals surface area contributed by atoms with Crippen molar-refractivity contribution in [1.82, 2.24) is 24.6 Å². The summed E-state index contributed by atoms with van der Waals surface area (Å²) in [7, 11) is 0. The quantitative estimate of drug-likeness (QED) is 0.640. The van der Waals surface area contributed by atoms with Crippen LogP contribution in [0.1, 0.15) is 47.8 Å². The van der Waals surface area contributed by atoms with Crippen LogP contribution in [0.25, 0.3) is 5.95 Å². The van der Waals surface area contributed by atoms with Gasteiger partial charge < -0.3 is 4.90 Å². The van der Waals surface area contributed by atoms with Gasteiger partial charge in [0.2, 0.25) is 5.91 Å². The lowest BCUT2D eigenvalue weighted by Crippen LogP contribution is -2.37. The third kappa shape index (κ3) is 4.70. The number of aryl methyl sites for hydroxylation is 3. The fourth-order valence-electron chi connectivity index (χ4n) is 3.52. The van der Waals surface area contributed by atoms with Gasteiger partial charge in [-0.3, -0.25) is 4.79 Å². The number of benzene rings is 1. The van der Waals surface area contributed by atoms with E-state index in [1.165, 1.54) is 0 Å². The first kappa shape index (κ1) is 20.7. The maximum atomic E-state index is 13.2. The molecule has 0 bridgehead atoms. The van der Waals surface area contributed by atoms with Crippen molar-refractivity contribution in [2.24, 2.45) is 0 Å². The third-order valence-corrected chi connectivity index (χ3v) is 5.07. The van der Waals surface area contributed by atoms with Gasteiger partial charge in [0.1, 0.15) is 0 Å². The van der Waals surface area contributed by atoms with Crippen molar-refractivity contribution in [2.45, 2.75) is 60.5 Å². The number of aromatic nitrogens is 4. The standard InChI is InChI=1S/C23H29N5O/c1-15(2)27(14-20-10-8-7-9-11-20)22(29)13-21-18(5)26-28(19(21)6)23-24-16(3)12-17(4)25-23/h7-12,15H,13-14H2,1-6H3. The van der Waals surface area contributed by atoms with Gasteiger partial charge in [-0.2, -0.15) is 5.10 Å². The van der Waals surface area contributed by atoms with Crippen molar-refractivity contribution in [3.63, 3.8) is 0 Å². The van der Waals surface area contributed by atoms with E-state index in [4.69, 9.17) is 0 Å².